The minimum absolute atomic E-state index is 0.688. The maximum atomic E-state index is 2.24. The van der Waals surface area contributed by atoms with Gasteiger partial charge in [-0.3, -0.25) is 0 Å². The fourth-order valence-electron chi connectivity index (χ4n) is 2.32. The Bertz CT molecular complexity index is 591. The van der Waals surface area contributed by atoms with Crippen LogP contribution in [0.15, 0.2) is 42.5 Å². The molecule has 0 spiro atoms. The fourth-order valence-corrected chi connectivity index (χ4v) is 3.72. The average molecular weight is 286 g/mol. The quantitative estimate of drug-likeness (QED) is 0.798. The van der Waals surface area contributed by atoms with E-state index in [1.165, 1.54) is 27.5 Å². The van der Waals surface area contributed by atoms with Crippen molar-refractivity contribution in [1.82, 2.24) is 0 Å². The molecule has 2 aromatic rings. The summed E-state index contributed by atoms with van der Waals surface area (Å²) in [7, 11) is 9.13. The van der Waals surface area contributed by atoms with E-state index in [0.717, 1.165) is 0 Å². The number of benzene rings is 2. The van der Waals surface area contributed by atoms with Gasteiger partial charge in [-0.25, -0.2) is 0 Å². The van der Waals surface area contributed by atoms with E-state index < -0.39 is 0 Å². The molecule has 0 bridgehead atoms. The molecule has 0 aromatic heterocycles. The van der Waals surface area contributed by atoms with Crippen LogP contribution in [-0.4, -0.2) is 28.2 Å². The van der Waals surface area contributed by atoms with Crippen molar-refractivity contribution < 1.29 is 0 Å². The molecule has 2 aromatic carbocycles. The van der Waals surface area contributed by atoms with Crippen LogP contribution < -0.4 is 20.4 Å². The van der Waals surface area contributed by atoms with Crippen LogP contribution in [0.2, 0.25) is 0 Å². The molecule has 0 N–H and O–H groups in total. The van der Waals surface area contributed by atoms with Gasteiger partial charge in [0, 0.05) is 33.5 Å². The SMILES string of the molecule is Cc1ccccc1Pc1cccc(N(C)C)c1N(C)C. The molecule has 0 amide bonds. The molecule has 0 saturated heterocycles. The molecule has 0 saturated carbocycles. The van der Waals surface area contributed by atoms with E-state index in [9.17, 15) is 0 Å². The Kier molecular flexibility index (Phi) is 4.67. The minimum atomic E-state index is 0.688. The van der Waals surface area contributed by atoms with Gasteiger partial charge in [0.25, 0.3) is 0 Å². The largest absolute Gasteiger partial charge is 0.376 e. The Balaban J connectivity index is 2.47. The molecular weight excluding hydrogens is 263 g/mol. The number of anilines is 2. The van der Waals surface area contributed by atoms with Gasteiger partial charge in [-0.05, 0) is 23.9 Å². The summed E-state index contributed by atoms with van der Waals surface area (Å²) >= 11 is 0. The van der Waals surface area contributed by atoms with Gasteiger partial charge in [0.15, 0.2) is 0 Å². The molecular formula is C17H23N2P. The Hall–Kier alpha value is -1.53. The maximum Gasteiger partial charge on any atom is 0.0677 e. The van der Waals surface area contributed by atoms with Crippen molar-refractivity contribution >= 4 is 30.6 Å². The topological polar surface area (TPSA) is 6.48 Å². The van der Waals surface area contributed by atoms with E-state index in [2.05, 4.69) is 87.4 Å². The van der Waals surface area contributed by atoms with Crippen LogP contribution in [0.1, 0.15) is 5.56 Å². The highest BCUT2D eigenvalue weighted by Gasteiger charge is 2.12. The first kappa shape index (κ1) is 14.9. The fraction of sp³-hybridized carbons (Fsp3) is 0.294. The second-order valence-corrected chi connectivity index (χ2v) is 6.73. The smallest absolute Gasteiger partial charge is 0.0677 e. The predicted octanol–water partition coefficient (Wildman–Crippen LogP) is 2.76. The summed E-state index contributed by atoms with van der Waals surface area (Å²) in [5.74, 6) is 0. The Morgan fingerprint density at radius 2 is 1.40 bits per heavy atom. The molecule has 2 nitrogen and oxygen atoms in total. The van der Waals surface area contributed by atoms with Crippen LogP contribution in [0.25, 0.3) is 0 Å². The monoisotopic (exact) mass is 286 g/mol. The number of hydrogen-bond acceptors (Lipinski definition) is 2. The number of para-hydroxylation sites is 1. The molecule has 1 atom stereocenters. The molecule has 0 heterocycles. The van der Waals surface area contributed by atoms with Crippen molar-refractivity contribution in [3.8, 4) is 0 Å². The van der Waals surface area contributed by atoms with E-state index in [1.54, 1.807) is 0 Å². The molecule has 0 aliphatic heterocycles. The first-order valence-corrected chi connectivity index (χ1v) is 7.81. The number of nitrogens with zero attached hydrogens (tertiary/aromatic N) is 2. The first-order chi connectivity index (χ1) is 9.50. The van der Waals surface area contributed by atoms with Gasteiger partial charge in [0.05, 0.1) is 11.4 Å². The second-order valence-electron chi connectivity index (χ2n) is 5.40. The van der Waals surface area contributed by atoms with Crippen LogP contribution in [0.5, 0.6) is 0 Å². The molecule has 106 valence electrons. The highest BCUT2D eigenvalue weighted by molar-refractivity contribution is 7.56. The minimum Gasteiger partial charge on any atom is -0.376 e. The standard InChI is InChI=1S/C17H23N2P/c1-13-9-6-7-11-15(13)20-16-12-8-10-14(18(2)3)17(16)19(4)5/h6-12,20H,1-5H3. The molecule has 1 unspecified atom stereocenters. The summed E-state index contributed by atoms with van der Waals surface area (Å²) in [6.07, 6.45) is 0. The second kappa shape index (κ2) is 6.28. The molecule has 2 rings (SSSR count). The first-order valence-electron chi connectivity index (χ1n) is 6.81. The third-order valence-corrected chi connectivity index (χ3v) is 4.86. The van der Waals surface area contributed by atoms with Crippen molar-refractivity contribution in [3.05, 3.63) is 48.0 Å². The molecule has 0 aliphatic rings. The van der Waals surface area contributed by atoms with Gasteiger partial charge in [-0.2, -0.15) is 0 Å². The van der Waals surface area contributed by atoms with Crippen LogP contribution in [0, 0.1) is 6.92 Å². The summed E-state index contributed by atoms with van der Waals surface area (Å²) in [5, 5.41) is 2.82. The van der Waals surface area contributed by atoms with E-state index >= 15 is 0 Å². The van der Waals surface area contributed by atoms with Crippen molar-refractivity contribution in [2.75, 3.05) is 38.0 Å². The lowest BCUT2D eigenvalue weighted by molar-refractivity contribution is 1.08. The zero-order valence-corrected chi connectivity index (χ0v) is 13.9. The molecule has 0 fully saturated rings. The van der Waals surface area contributed by atoms with Crippen LogP contribution in [-0.2, 0) is 0 Å². The summed E-state index contributed by atoms with van der Waals surface area (Å²) in [4.78, 5) is 4.40. The van der Waals surface area contributed by atoms with Crippen LogP contribution >= 0.6 is 8.58 Å². The molecule has 0 radical (unpaired) electrons. The van der Waals surface area contributed by atoms with E-state index in [4.69, 9.17) is 0 Å². The Labute approximate surface area is 124 Å². The lowest BCUT2D eigenvalue weighted by Crippen LogP contribution is -2.23. The highest BCUT2D eigenvalue weighted by atomic mass is 31.1. The predicted molar refractivity (Wildman–Crippen MR) is 93.9 cm³/mol. The zero-order chi connectivity index (χ0) is 14.7. The van der Waals surface area contributed by atoms with Crippen molar-refractivity contribution in [2.24, 2.45) is 0 Å². The average Bonchev–Trinajstić information content (AvgIpc) is 2.40. The van der Waals surface area contributed by atoms with Gasteiger partial charge < -0.3 is 9.80 Å². The molecule has 20 heavy (non-hydrogen) atoms. The van der Waals surface area contributed by atoms with Crippen LogP contribution in [0.3, 0.4) is 0 Å². The lowest BCUT2D eigenvalue weighted by Gasteiger charge is -2.25. The Morgan fingerprint density at radius 3 is 2.00 bits per heavy atom. The van der Waals surface area contributed by atoms with E-state index in [-0.39, 0.29) is 0 Å². The number of hydrogen-bond donors (Lipinski definition) is 0. The van der Waals surface area contributed by atoms with E-state index in [1.807, 2.05) is 0 Å². The van der Waals surface area contributed by atoms with Gasteiger partial charge in [0.2, 0.25) is 0 Å². The molecule has 0 aliphatic carbocycles. The third-order valence-electron chi connectivity index (χ3n) is 3.36. The summed E-state index contributed by atoms with van der Waals surface area (Å²) in [5.41, 5.74) is 3.96. The van der Waals surface area contributed by atoms with E-state index in [0.29, 0.717) is 8.58 Å². The molecule has 3 heteroatoms. The summed E-state index contributed by atoms with van der Waals surface area (Å²) in [6.45, 7) is 2.19. The van der Waals surface area contributed by atoms with Gasteiger partial charge in [-0.15, -0.1) is 0 Å². The zero-order valence-electron chi connectivity index (χ0n) is 12.9. The lowest BCUT2D eigenvalue weighted by atomic mass is 10.2. The van der Waals surface area contributed by atoms with Gasteiger partial charge >= 0.3 is 0 Å². The number of aryl methyl sites for hydroxylation is 1. The van der Waals surface area contributed by atoms with Crippen molar-refractivity contribution in [1.29, 1.82) is 0 Å². The maximum absolute atomic E-state index is 2.24. The van der Waals surface area contributed by atoms with Crippen molar-refractivity contribution in [2.45, 2.75) is 6.92 Å². The van der Waals surface area contributed by atoms with Gasteiger partial charge in [-0.1, -0.05) is 45.0 Å². The normalized spacial score (nSPS) is 11.1. The summed E-state index contributed by atoms with van der Waals surface area (Å²) < 4.78 is 0. The highest BCUT2D eigenvalue weighted by Crippen LogP contribution is 2.29. The van der Waals surface area contributed by atoms with Crippen molar-refractivity contribution in [3.63, 3.8) is 0 Å². The van der Waals surface area contributed by atoms with Crippen LogP contribution in [0.4, 0.5) is 11.4 Å². The third kappa shape index (κ3) is 3.13. The summed E-state index contributed by atoms with van der Waals surface area (Å²) in [6, 6.07) is 15.2. The Morgan fingerprint density at radius 1 is 0.750 bits per heavy atom. The number of rotatable bonds is 4. The van der Waals surface area contributed by atoms with Gasteiger partial charge in [0.1, 0.15) is 0 Å².